The van der Waals surface area contributed by atoms with Gasteiger partial charge in [0.1, 0.15) is 0 Å². The third-order valence-electron chi connectivity index (χ3n) is 4.13. The molecule has 0 saturated carbocycles. The smallest absolute Gasteiger partial charge is 0.273 e. The van der Waals surface area contributed by atoms with E-state index in [1.807, 2.05) is 6.07 Å². The third-order valence-corrected chi connectivity index (χ3v) is 4.13. The van der Waals surface area contributed by atoms with Crippen LogP contribution in [0.5, 0.6) is 11.5 Å². The van der Waals surface area contributed by atoms with Crippen molar-refractivity contribution in [1.82, 2.24) is 20.3 Å². The number of carbonyl (C=O) groups excluding carboxylic acids is 1. The number of methoxy groups -OCH3 is 1. The SMILES string of the molecule is COc1ccc(CCNC(=O)c2cn(CC3CCCO3)nn2)cc1O. The predicted octanol–water partition coefficient (Wildman–Crippen LogP) is 1.14. The molecule has 2 heterocycles. The van der Waals surface area contributed by atoms with Crippen LogP contribution in [0.2, 0.25) is 0 Å². The second-order valence-corrected chi connectivity index (χ2v) is 5.97. The molecule has 1 aliphatic heterocycles. The van der Waals surface area contributed by atoms with Crippen LogP contribution in [-0.4, -0.2) is 52.4 Å². The number of benzene rings is 1. The molecule has 8 nitrogen and oxygen atoms in total. The number of carbonyl (C=O) groups is 1. The van der Waals surface area contributed by atoms with Gasteiger partial charge in [0.15, 0.2) is 17.2 Å². The van der Waals surface area contributed by atoms with Crippen molar-refractivity contribution in [3.05, 3.63) is 35.7 Å². The number of aromatic nitrogens is 3. The number of hydrogen-bond acceptors (Lipinski definition) is 6. The molecule has 134 valence electrons. The molecule has 0 aliphatic carbocycles. The highest BCUT2D eigenvalue weighted by Crippen LogP contribution is 2.26. The second-order valence-electron chi connectivity index (χ2n) is 5.97. The Balaban J connectivity index is 1.47. The Hall–Kier alpha value is -2.61. The molecule has 0 radical (unpaired) electrons. The third kappa shape index (κ3) is 4.48. The van der Waals surface area contributed by atoms with Gasteiger partial charge in [-0.2, -0.15) is 0 Å². The molecular formula is C17H22N4O4. The van der Waals surface area contributed by atoms with Crippen molar-refractivity contribution in [3.63, 3.8) is 0 Å². The maximum atomic E-state index is 12.1. The Labute approximate surface area is 145 Å². The minimum Gasteiger partial charge on any atom is -0.504 e. The molecule has 1 atom stereocenters. The van der Waals surface area contributed by atoms with Crippen molar-refractivity contribution in [2.75, 3.05) is 20.3 Å². The van der Waals surface area contributed by atoms with Gasteiger partial charge in [0.2, 0.25) is 0 Å². The summed E-state index contributed by atoms with van der Waals surface area (Å²) < 4.78 is 12.2. The fourth-order valence-corrected chi connectivity index (χ4v) is 2.79. The van der Waals surface area contributed by atoms with Crippen molar-refractivity contribution in [1.29, 1.82) is 0 Å². The molecule has 8 heteroatoms. The van der Waals surface area contributed by atoms with Crippen LogP contribution in [0.1, 0.15) is 28.9 Å². The van der Waals surface area contributed by atoms with Gasteiger partial charge < -0.3 is 19.9 Å². The van der Waals surface area contributed by atoms with Crippen LogP contribution < -0.4 is 10.1 Å². The first kappa shape index (κ1) is 17.2. The molecule has 3 rings (SSSR count). The van der Waals surface area contributed by atoms with Gasteiger partial charge in [-0.1, -0.05) is 11.3 Å². The summed E-state index contributed by atoms with van der Waals surface area (Å²) in [7, 11) is 1.50. The zero-order chi connectivity index (χ0) is 17.6. The summed E-state index contributed by atoms with van der Waals surface area (Å²) in [6.45, 7) is 1.84. The van der Waals surface area contributed by atoms with Crippen LogP contribution >= 0.6 is 0 Å². The standard InChI is InChI=1S/C17H22N4O4/c1-24-16-5-4-12(9-15(16)22)6-7-18-17(23)14-11-21(20-19-14)10-13-3-2-8-25-13/h4-5,9,11,13,22H,2-3,6-8,10H2,1H3,(H,18,23). The summed E-state index contributed by atoms with van der Waals surface area (Å²) in [6.07, 6.45) is 4.45. The Morgan fingerprint density at radius 2 is 2.40 bits per heavy atom. The number of ether oxygens (including phenoxy) is 2. The Morgan fingerprint density at radius 1 is 1.52 bits per heavy atom. The minimum absolute atomic E-state index is 0.0865. The van der Waals surface area contributed by atoms with Crippen LogP contribution in [0, 0.1) is 0 Å². The lowest BCUT2D eigenvalue weighted by atomic mass is 10.1. The summed E-state index contributed by atoms with van der Waals surface area (Å²) in [4.78, 5) is 12.1. The molecule has 2 N–H and O–H groups in total. The second kappa shape index (κ2) is 7.98. The quantitative estimate of drug-likeness (QED) is 0.780. The number of phenolic OH excluding ortho intramolecular Hbond substituents is 1. The number of nitrogens with one attached hydrogen (secondary N) is 1. The molecule has 1 aromatic carbocycles. The van der Waals surface area contributed by atoms with Crippen LogP contribution in [0.4, 0.5) is 0 Å². The zero-order valence-electron chi connectivity index (χ0n) is 14.1. The van der Waals surface area contributed by atoms with E-state index >= 15 is 0 Å². The largest absolute Gasteiger partial charge is 0.504 e. The van der Waals surface area contributed by atoms with Crippen molar-refractivity contribution in [2.45, 2.75) is 31.9 Å². The lowest BCUT2D eigenvalue weighted by Crippen LogP contribution is -2.26. The van der Waals surface area contributed by atoms with Crippen molar-refractivity contribution >= 4 is 5.91 Å². The van der Waals surface area contributed by atoms with E-state index in [0.29, 0.717) is 25.3 Å². The molecular weight excluding hydrogens is 324 g/mol. The lowest BCUT2D eigenvalue weighted by molar-refractivity contribution is 0.0930. The highest BCUT2D eigenvalue weighted by molar-refractivity contribution is 5.91. The van der Waals surface area contributed by atoms with E-state index in [1.54, 1.807) is 23.0 Å². The van der Waals surface area contributed by atoms with Crippen LogP contribution in [0.25, 0.3) is 0 Å². The molecule has 1 fully saturated rings. The highest BCUT2D eigenvalue weighted by atomic mass is 16.5. The zero-order valence-corrected chi connectivity index (χ0v) is 14.1. The van der Waals surface area contributed by atoms with Gasteiger partial charge in [-0.3, -0.25) is 4.79 Å². The Kier molecular flexibility index (Phi) is 5.49. The average molecular weight is 346 g/mol. The topological polar surface area (TPSA) is 98.5 Å². The molecule has 1 amide bonds. The molecule has 0 bridgehead atoms. The van der Waals surface area contributed by atoms with Gasteiger partial charge in [-0.05, 0) is 37.0 Å². The van der Waals surface area contributed by atoms with Crippen LogP contribution in [-0.2, 0) is 17.7 Å². The van der Waals surface area contributed by atoms with E-state index in [-0.39, 0.29) is 23.5 Å². The van der Waals surface area contributed by atoms with Gasteiger partial charge in [0, 0.05) is 13.2 Å². The fraction of sp³-hybridized carbons (Fsp3) is 0.471. The van der Waals surface area contributed by atoms with Gasteiger partial charge in [-0.25, -0.2) is 4.68 Å². The van der Waals surface area contributed by atoms with Crippen LogP contribution in [0.15, 0.2) is 24.4 Å². The Bertz CT molecular complexity index is 725. The summed E-state index contributed by atoms with van der Waals surface area (Å²) in [6, 6.07) is 5.18. The number of amides is 1. The van der Waals surface area contributed by atoms with Crippen molar-refractivity contribution < 1.29 is 19.4 Å². The predicted molar refractivity (Wildman–Crippen MR) is 89.7 cm³/mol. The summed E-state index contributed by atoms with van der Waals surface area (Å²) >= 11 is 0. The van der Waals surface area contributed by atoms with Gasteiger partial charge in [-0.15, -0.1) is 5.10 Å². The molecule has 1 aliphatic rings. The maximum absolute atomic E-state index is 12.1. The number of nitrogens with zero attached hydrogens (tertiary/aromatic N) is 3. The first-order valence-electron chi connectivity index (χ1n) is 8.31. The molecule has 2 aromatic rings. The average Bonchev–Trinajstić information content (AvgIpc) is 3.27. The van der Waals surface area contributed by atoms with E-state index in [0.717, 1.165) is 25.0 Å². The maximum Gasteiger partial charge on any atom is 0.273 e. The number of aromatic hydroxyl groups is 1. The van der Waals surface area contributed by atoms with Gasteiger partial charge in [0.25, 0.3) is 5.91 Å². The molecule has 1 unspecified atom stereocenters. The highest BCUT2D eigenvalue weighted by Gasteiger charge is 2.18. The summed E-state index contributed by atoms with van der Waals surface area (Å²) in [5, 5.41) is 20.4. The fourth-order valence-electron chi connectivity index (χ4n) is 2.79. The molecule has 25 heavy (non-hydrogen) atoms. The molecule has 1 saturated heterocycles. The van der Waals surface area contributed by atoms with E-state index < -0.39 is 0 Å². The number of hydrogen-bond donors (Lipinski definition) is 2. The van der Waals surface area contributed by atoms with Crippen molar-refractivity contribution in [3.8, 4) is 11.5 Å². The van der Waals surface area contributed by atoms with E-state index in [1.165, 1.54) is 7.11 Å². The van der Waals surface area contributed by atoms with Gasteiger partial charge >= 0.3 is 0 Å². The normalized spacial score (nSPS) is 16.8. The van der Waals surface area contributed by atoms with Crippen molar-refractivity contribution in [2.24, 2.45) is 0 Å². The van der Waals surface area contributed by atoms with E-state index in [2.05, 4.69) is 15.6 Å². The summed E-state index contributed by atoms with van der Waals surface area (Å²) in [5.74, 6) is 0.246. The molecule has 0 spiro atoms. The Morgan fingerprint density at radius 3 is 3.12 bits per heavy atom. The lowest BCUT2D eigenvalue weighted by Gasteiger charge is -2.07. The van der Waals surface area contributed by atoms with Gasteiger partial charge in [0.05, 0.1) is 26.0 Å². The van der Waals surface area contributed by atoms with E-state index in [4.69, 9.17) is 9.47 Å². The molecule has 1 aromatic heterocycles. The number of phenols is 1. The first-order chi connectivity index (χ1) is 12.2. The first-order valence-corrected chi connectivity index (χ1v) is 8.31. The minimum atomic E-state index is -0.267. The van der Waals surface area contributed by atoms with Crippen LogP contribution in [0.3, 0.4) is 0 Å². The number of rotatable bonds is 7. The summed E-state index contributed by atoms with van der Waals surface area (Å²) in [5.41, 5.74) is 1.19. The van der Waals surface area contributed by atoms with E-state index in [9.17, 15) is 9.90 Å². The monoisotopic (exact) mass is 346 g/mol.